The maximum Gasteiger partial charge on any atom is 0.264 e. The fraction of sp³-hybridized carbons (Fsp3) is 0.0667. The summed E-state index contributed by atoms with van der Waals surface area (Å²) in [6, 6.07) is 11.8. The molecule has 0 radical (unpaired) electrons. The average Bonchev–Trinajstić information content (AvgIpc) is 3.01. The first-order valence-corrected chi connectivity index (χ1v) is 7.80. The number of hydrogen-bond acceptors (Lipinski definition) is 4. The van der Waals surface area contributed by atoms with Gasteiger partial charge in [-0.1, -0.05) is 18.2 Å². The summed E-state index contributed by atoms with van der Waals surface area (Å²) < 4.78 is 0. The Labute approximate surface area is 125 Å². The van der Waals surface area contributed by atoms with Crippen LogP contribution in [-0.2, 0) is 4.79 Å². The Morgan fingerprint density at radius 2 is 2.15 bits per heavy atom. The summed E-state index contributed by atoms with van der Waals surface area (Å²) in [7, 11) is 0. The van der Waals surface area contributed by atoms with Crippen molar-refractivity contribution in [2.45, 2.75) is 6.92 Å². The van der Waals surface area contributed by atoms with Crippen LogP contribution in [-0.4, -0.2) is 11.1 Å². The monoisotopic (exact) mass is 300 g/mol. The first kappa shape index (κ1) is 13.1. The predicted octanol–water partition coefficient (Wildman–Crippen LogP) is 3.95. The van der Waals surface area contributed by atoms with Crippen molar-refractivity contribution < 1.29 is 4.79 Å². The van der Waals surface area contributed by atoms with Crippen LogP contribution in [0, 0.1) is 6.92 Å². The van der Waals surface area contributed by atoms with E-state index in [1.54, 1.807) is 11.3 Å². The largest absolute Gasteiger partial charge is 0.300 e. The first-order valence-electron chi connectivity index (χ1n) is 6.10. The Hall–Kier alpha value is -1.85. The van der Waals surface area contributed by atoms with Gasteiger partial charge in [0.05, 0.1) is 10.6 Å². The van der Waals surface area contributed by atoms with Crippen LogP contribution in [0.2, 0.25) is 0 Å². The molecule has 1 aliphatic heterocycles. The second kappa shape index (κ2) is 5.64. The fourth-order valence-electron chi connectivity index (χ4n) is 1.80. The Bertz CT molecular complexity index is 702. The van der Waals surface area contributed by atoms with Crippen molar-refractivity contribution >= 4 is 45.9 Å². The maximum atomic E-state index is 11.9. The number of amides is 1. The number of nitrogens with one attached hydrogen (secondary N) is 1. The van der Waals surface area contributed by atoms with Crippen LogP contribution in [0.5, 0.6) is 0 Å². The minimum Gasteiger partial charge on any atom is -0.300 e. The minimum atomic E-state index is -0.0881. The molecule has 0 saturated carbocycles. The number of rotatable bonds is 2. The van der Waals surface area contributed by atoms with Crippen LogP contribution in [0.4, 0.5) is 5.69 Å². The third-order valence-electron chi connectivity index (χ3n) is 2.70. The standard InChI is InChI=1S/C15H12N2OS2/c1-10-4-2-5-11(8-10)16-15-17-14(18)13(20-15)9-12-6-3-7-19-12/h2-9H,1H3,(H,16,17,18). The van der Waals surface area contributed by atoms with E-state index in [0.29, 0.717) is 10.1 Å². The topological polar surface area (TPSA) is 41.5 Å². The van der Waals surface area contributed by atoms with Crippen molar-refractivity contribution in [1.82, 2.24) is 5.32 Å². The molecule has 1 aliphatic rings. The third kappa shape index (κ3) is 3.00. The van der Waals surface area contributed by atoms with Gasteiger partial charge < -0.3 is 5.32 Å². The molecule has 1 aromatic carbocycles. The smallest absolute Gasteiger partial charge is 0.264 e. The van der Waals surface area contributed by atoms with Gasteiger partial charge in [0.15, 0.2) is 5.17 Å². The number of thiophene rings is 1. The number of hydrogen-bond donors (Lipinski definition) is 1. The highest BCUT2D eigenvalue weighted by molar-refractivity contribution is 8.18. The summed E-state index contributed by atoms with van der Waals surface area (Å²) in [5.41, 5.74) is 2.00. The van der Waals surface area contributed by atoms with Gasteiger partial charge in [-0.15, -0.1) is 11.3 Å². The van der Waals surface area contributed by atoms with E-state index in [9.17, 15) is 4.79 Å². The lowest BCUT2D eigenvalue weighted by atomic mass is 10.2. The molecule has 0 bridgehead atoms. The maximum absolute atomic E-state index is 11.9. The number of carbonyl (C=O) groups is 1. The molecular weight excluding hydrogens is 288 g/mol. The number of benzene rings is 1. The van der Waals surface area contributed by atoms with E-state index >= 15 is 0 Å². The van der Waals surface area contributed by atoms with Crippen molar-refractivity contribution in [3.8, 4) is 0 Å². The Morgan fingerprint density at radius 3 is 2.90 bits per heavy atom. The summed E-state index contributed by atoms with van der Waals surface area (Å²) in [6.45, 7) is 2.02. The van der Waals surface area contributed by atoms with E-state index in [-0.39, 0.29) is 5.91 Å². The molecule has 3 rings (SSSR count). The van der Waals surface area contributed by atoms with Crippen LogP contribution in [0.3, 0.4) is 0 Å². The second-order valence-corrected chi connectivity index (χ2v) is 6.35. The molecule has 2 aromatic rings. The van der Waals surface area contributed by atoms with Crippen LogP contribution < -0.4 is 5.32 Å². The zero-order valence-corrected chi connectivity index (χ0v) is 12.4. The molecule has 0 spiro atoms. The van der Waals surface area contributed by atoms with E-state index in [4.69, 9.17) is 0 Å². The van der Waals surface area contributed by atoms with Gasteiger partial charge >= 0.3 is 0 Å². The summed E-state index contributed by atoms with van der Waals surface area (Å²) in [6.07, 6.45) is 1.89. The number of nitrogens with zero attached hydrogens (tertiary/aromatic N) is 1. The SMILES string of the molecule is Cc1cccc(N=C2NC(=O)C(=Cc3cccs3)S2)c1. The van der Waals surface area contributed by atoms with Gasteiger partial charge in [-0.2, -0.15) is 0 Å². The van der Waals surface area contributed by atoms with E-state index in [0.717, 1.165) is 16.1 Å². The number of aryl methyl sites for hydroxylation is 1. The van der Waals surface area contributed by atoms with E-state index in [2.05, 4.69) is 10.3 Å². The summed E-state index contributed by atoms with van der Waals surface area (Å²) in [5.74, 6) is -0.0881. The number of thioether (sulfide) groups is 1. The molecule has 0 unspecified atom stereocenters. The highest BCUT2D eigenvalue weighted by atomic mass is 32.2. The predicted molar refractivity (Wildman–Crippen MR) is 86.3 cm³/mol. The zero-order chi connectivity index (χ0) is 13.9. The average molecular weight is 300 g/mol. The normalized spacial score (nSPS) is 18.8. The quantitative estimate of drug-likeness (QED) is 0.853. The molecule has 1 fully saturated rings. The van der Waals surface area contributed by atoms with Crippen LogP contribution >= 0.6 is 23.1 Å². The number of carbonyl (C=O) groups excluding carboxylic acids is 1. The van der Waals surface area contributed by atoms with Gasteiger partial charge in [0.2, 0.25) is 0 Å². The van der Waals surface area contributed by atoms with Crippen molar-refractivity contribution in [3.05, 3.63) is 57.1 Å². The lowest BCUT2D eigenvalue weighted by molar-refractivity contribution is -0.115. The molecule has 1 aromatic heterocycles. The van der Waals surface area contributed by atoms with Crippen LogP contribution in [0.1, 0.15) is 10.4 Å². The minimum absolute atomic E-state index is 0.0881. The zero-order valence-electron chi connectivity index (χ0n) is 10.8. The van der Waals surface area contributed by atoms with Gasteiger partial charge in [-0.05, 0) is 53.9 Å². The highest BCUT2D eigenvalue weighted by Crippen LogP contribution is 2.29. The molecular formula is C15H12N2OS2. The van der Waals surface area contributed by atoms with Gasteiger partial charge in [0.25, 0.3) is 5.91 Å². The Morgan fingerprint density at radius 1 is 1.25 bits per heavy atom. The van der Waals surface area contributed by atoms with Crippen LogP contribution in [0.25, 0.3) is 6.08 Å². The van der Waals surface area contributed by atoms with Crippen molar-refractivity contribution in [2.75, 3.05) is 0 Å². The third-order valence-corrected chi connectivity index (χ3v) is 4.43. The molecule has 1 amide bonds. The fourth-order valence-corrected chi connectivity index (χ4v) is 3.36. The Kier molecular flexibility index (Phi) is 3.71. The molecule has 20 heavy (non-hydrogen) atoms. The molecule has 3 nitrogen and oxygen atoms in total. The van der Waals surface area contributed by atoms with Gasteiger partial charge in [0.1, 0.15) is 0 Å². The van der Waals surface area contributed by atoms with E-state index in [1.165, 1.54) is 11.8 Å². The second-order valence-electron chi connectivity index (χ2n) is 4.34. The number of aliphatic imine (C=N–C) groups is 1. The van der Waals surface area contributed by atoms with Crippen molar-refractivity contribution in [1.29, 1.82) is 0 Å². The molecule has 2 heterocycles. The molecule has 5 heteroatoms. The molecule has 1 N–H and O–H groups in total. The van der Waals surface area contributed by atoms with Crippen LogP contribution in [0.15, 0.2) is 51.7 Å². The molecule has 1 saturated heterocycles. The Balaban J connectivity index is 1.83. The van der Waals surface area contributed by atoms with Gasteiger partial charge in [0, 0.05) is 4.88 Å². The van der Waals surface area contributed by atoms with Gasteiger partial charge in [-0.3, -0.25) is 4.79 Å². The number of amidine groups is 1. The summed E-state index contributed by atoms with van der Waals surface area (Å²) >= 11 is 2.98. The van der Waals surface area contributed by atoms with E-state index < -0.39 is 0 Å². The van der Waals surface area contributed by atoms with Crippen molar-refractivity contribution in [2.24, 2.45) is 4.99 Å². The summed E-state index contributed by atoms with van der Waals surface area (Å²) in [4.78, 5) is 18.1. The first-order chi connectivity index (χ1) is 9.70. The molecule has 100 valence electrons. The lowest BCUT2D eigenvalue weighted by Crippen LogP contribution is -2.19. The summed E-state index contributed by atoms with van der Waals surface area (Å²) in [5, 5.41) is 5.41. The van der Waals surface area contributed by atoms with Crippen molar-refractivity contribution in [3.63, 3.8) is 0 Å². The molecule has 0 atom stereocenters. The van der Waals surface area contributed by atoms with Gasteiger partial charge in [-0.25, -0.2) is 4.99 Å². The van der Waals surface area contributed by atoms with E-state index in [1.807, 2.05) is 54.8 Å². The lowest BCUT2D eigenvalue weighted by Gasteiger charge is -1.97. The highest BCUT2D eigenvalue weighted by Gasteiger charge is 2.23. The molecule has 0 aliphatic carbocycles.